The largest absolute Gasteiger partial charge is 0.481 e. The normalized spacial score (nSPS) is 22.8. The van der Waals surface area contributed by atoms with E-state index in [-0.39, 0.29) is 24.7 Å². The molecule has 0 amide bonds. The highest BCUT2D eigenvalue weighted by Gasteiger charge is 2.43. The smallest absolute Gasteiger partial charge is 0.310 e. The number of carboxylic acid groups (broad SMARTS) is 1. The summed E-state index contributed by atoms with van der Waals surface area (Å²) >= 11 is 0. The van der Waals surface area contributed by atoms with Crippen LogP contribution in [0.25, 0.3) is 0 Å². The van der Waals surface area contributed by atoms with E-state index in [0.29, 0.717) is 6.42 Å². The monoisotopic (exact) mass is 317 g/mol. The fraction of sp³-hybridized carbons (Fsp3) is 0.667. The number of nitrogens with zero attached hydrogens (tertiary/aromatic N) is 3. The summed E-state index contributed by atoms with van der Waals surface area (Å²) in [6, 6.07) is -0.687. The number of aromatic nitrogens is 2. The van der Waals surface area contributed by atoms with Crippen LogP contribution in [0.1, 0.15) is 13.3 Å². The zero-order valence-electron chi connectivity index (χ0n) is 12.0. The molecule has 1 aromatic rings. The third-order valence-electron chi connectivity index (χ3n) is 3.47. The van der Waals surface area contributed by atoms with Crippen LogP contribution in [-0.2, 0) is 26.6 Å². The number of aliphatic carboxylic acids is 1. The Kier molecular flexibility index (Phi) is 4.64. The molecule has 1 aromatic heterocycles. The highest BCUT2D eigenvalue weighted by molar-refractivity contribution is 7.89. The van der Waals surface area contributed by atoms with Crippen molar-refractivity contribution in [1.29, 1.82) is 0 Å². The molecule has 118 valence electrons. The topological polar surface area (TPSA) is 102 Å². The molecule has 1 aliphatic heterocycles. The van der Waals surface area contributed by atoms with Gasteiger partial charge in [0.25, 0.3) is 0 Å². The second-order valence-electron chi connectivity index (χ2n) is 5.01. The van der Waals surface area contributed by atoms with Crippen LogP contribution in [0.5, 0.6) is 0 Å². The molecule has 0 saturated carbocycles. The summed E-state index contributed by atoms with van der Waals surface area (Å²) in [4.78, 5) is 11.3. The Morgan fingerprint density at radius 1 is 1.57 bits per heavy atom. The molecule has 2 unspecified atom stereocenters. The van der Waals surface area contributed by atoms with Gasteiger partial charge in [-0.25, -0.2) is 8.42 Å². The summed E-state index contributed by atoms with van der Waals surface area (Å²) in [5.74, 6) is -1.89. The predicted molar refractivity (Wildman–Crippen MR) is 73.1 cm³/mol. The van der Waals surface area contributed by atoms with Gasteiger partial charge in [-0.1, -0.05) is 6.92 Å². The number of hydrogen-bond donors (Lipinski definition) is 1. The van der Waals surface area contributed by atoms with Gasteiger partial charge in [-0.2, -0.15) is 9.40 Å². The molecule has 21 heavy (non-hydrogen) atoms. The number of ether oxygens (including phenoxy) is 1. The molecule has 2 rings (SSSR count). The van der Waals surface area contributed by atoms with E-state index in [1.807, 2.05) is 6.92 Å². The van der Waals surface area contributed by atoms with E-state index < -0.39 is 28.0 Å². The zero-order chi connectivity index (χ0) is 15.6. The predicted octanol–water partition coefficient (Wildman–Crippen LogP) is -0.0796. The molecule has 0 aromatic carbocycles. The summed E-state index contributed by atoms with van der Waals surface area (Å²) in [6.07, 6.45) is 3.26. The first-order chi connectivity index (χ1) is 9.87. The van der Waals surface area contributed by atoms with E-state index in [0.717, 1.165) is 0 Å². The maximum absolute atomic E-state index is 12.7. The molecule has 0 spiro atoms. The lowest BCUT2D eigenvalue weighted by Crippen LogP contribution is -2.46. The first kappa shape index (κ1) is 15.9. The lowest BCUT2D eigenvalue weighted by molar-refractivity contribution is -0.142. The molecule has 1 fully saturated rings. The summed E-state index contributed by atoms with van der Waals surface area (Å²) in [7, 11) is -2.16. The summed E-state index contributed by atoms with van der Waals surface area (Å²) in [5.41, 5.74) is 0. The second-order valence-corrected chi connectivity index (χ2v) is 6.91. The number of hydrogen-bond acceptors (Lipinski definition) is 5. The van der Waals surface area contributed by atoms with Crippen molar-refractivity contribution in [2.24, 2.45) is 13.0 Å². The molecule has 8 nitrogen and oxygen atoms in total. The van der Waals surface area contributed by atoms with E-state index in [1.165, 1.54) is 21.4 Å². The van der Waals surface area contributed by atoms with Crippen LogP contribution in [0.15, 0.2) is 17.3 Å². The lowest BCUT2D eigenvalue weighted by Gasteiger charge is -2.28. The van der Waals surface area contributed by atoms with Crippen LogP contribution in [0.3, 0.4) is 0 Å². The van der Waals surface area contributed by atoms with Gasteiger partial charge in [0.15, 0.2) is 0 Å². The molecule has 0 radical (unpaired) electrons. The Morgan fingerprint density at radius 3 is 2.81 bits per heavy atom. The van der Waals surface area contributed by atoms with Gasteiger partial charge in [0, 0.05) is 19.8 Å². The van der Waals surface area contributed by atoms with Crippen molar-refractivity contribution in [3.8, 4) is 0 Å². The van der Waals surface area contributed by atoms with E-state index in [4.69, 9.17) is 4.74 Å². The van der Waals surface area contributed by atoms with Crippen LogP contribution in [0, 0.1) is 5.92 Å². The van der Waals surface area contributed by atoms with Crippen molar-refractivity contribution in [3.63, 3.8) is 0 Å². The fourth-order valence-corrected chi connectivity index (χ4v) is 4.14. The second kappa shape index (κ2) is 6.12. The quantitative estimate of drug-likeness (QED) is 0.787. The Labute approximate surface area is 123 Å². The first-order valence-corrected chi connectivity index (χ1v) is 8.13. The van der Waals surface area contributed by atoms with Crippen molar-refractivity contribution in [2.75, 3.05) is 19.8 Å². The van der Waals surface area contributed by atoms with Gasteiger partial charge in [0.05, 0.1) is 31.4 Å². The summed E-state index contributed by atoms with van der Waals surface area (Å²) < 4.78 is 33.2. The number of carboxylic acids is 1. The molecule has 0 aliphatic carbocycles. The van der Waals surface area contributed by atoms with Crippen molar-refractivity contribution in [2.45, 2.75) is 24.3 Å². The Hall–Kier alpha value is -1.45. The van der Waals surface area contributed by atoms with E-state index >= 15 is 0 Å². The molecule has 1 saturated heterocycles. The number of aryl methyl sites for hydroxylation is 1. The fourth-order valence-electron chi connectivity index (χ4n) is 2.41. The van der Waals surface area contributed by atoms with Gasteiger partial charge in [-0.15, -0.1) is 0 Å². The van der Waals surface area contributed by atoms with E-state index in [9.17, 15) is 18.3 Å². The Bertz CT molecular complexity index is 612. The van der Waals surface area contributed by atoms with Crippen molar-refractivity contribution < 1.29 is 23.1 Å². The molecule has 0 bridgehead atoms. The van der Waals surface area contributed by atoms with E-state index in [2.05, 4.69) is 5.10 Å². The van der Waals surface area contributed by atoms with Gasteiger partial charge in [0.1, 0.15) is 4.90 Å². The SMILES string of the molecule is CCCN(C1COCC1C(=O)O)S(=O)(=O)c1cnn(C)c1. The maximum Gasteiger partial charge on any atom is 0.310 e. The number of carbonyl (C=O) groups is 1. The van der Waals surface area contributed by atoms with Gasteiger partial charge in [0.2, 0.25) is 10.0 Å². The molecule has 1 N–H and O–H groups in total. The van der Waals surface area contributed by atoms with Crippen molar-refractivity contribution >= 4 is 16.0 Å². The minimum atomic E-state index is -3.79. The highest BCUT2D eigenvalue weighted by atomic mass is 32.2. The third kappa shape index (κ3) is 3.09. The van der Waals surface area contributed by atoms with Gasteiger partial charge < -0.3 is 9.84 Å². The van der Waals surface area contributed by atoms with Crippen LogP contribution in [0.4, 0.5) is 0 Å². The zero-order valence-corrected chi connectivity index (χ0v) is 12.8. The Morgan fingerprint density at radius 2 is 2.29 bits per heavy atom. The maximum atomic E-state index is 12.7. The molecule has 2 heterocycles. The highest BCUT2D eigenvalue weighted by Crippen LogP contribution is 2.26. The third-order valence-corrected chi connectivity index (χ3v) is 5.35. The number of sulfonamides is 1. The average Bonchev–Trinajstić information content (AvgIpc) is 3.04. The van der Waals surface area contributed by atoms with Crippen LogP contribution >= 0.6 is 0 Å². The minimum Gasteiger partial charge on any atom is -0.481 e. The van der Waals surface area contributed by atoms with Gasteiger partial charge in [-0.3, -0.25) is 9.48 Å². The minimum absolute atomic E-state index is 0.0305. The average molecular weight is 317 g/mol. The standard InChI is InChI=1S/C12H19N3O5S/c1-3-4-15(11-8-20-7-10(11)12(16)17)21(18,19)9-5-13-14(2)6-9/h5-6,10-11H,3-4,7-8H2,1-2H3,(H,16,17). The molecular formula is C12H19N3O5S. The van der Waals surface area contributed by atoms with Crippen LogP contribution in [-0.4, -0.2) is 59.4 Å². The summed E-state index contributed by atoms with van der Waals surface area (Å²) in [6.45, 7) is 2.21. The van der Waals surface area contributed by atoms with Crippen molar-refractivity contribution in [1.82, 2.24) is 14.1 Å². The Balaban J connectivity index is 2.36. The van der Waals surface area contributed by atoms with Crippen LogP contribution < -0.4 is 0 Å². The molecule has 2 atom stereocenters. The van der Waals surface area contributed by atoms with Crippen molar-refractivity contribution in [3.05, 3.63) is 12.4 Å². The number of rotatable bonds is 6. The van der Waals surface area contributed by atoms with E-state index in [1.54, 1.807) is 7.05 Å². The van der Waals surface area contributed by atoms with Gasteiger partial charge >= 0.3 is 5.97 Å². The molecule has 9 heteroatoms. The van der Waals surface area contributed by atoms with Gasteiger partial charge in [-0.05, 0) is 6.42 Å². The lowest BCUT2D eigenvalue weighted by atomic mass is 10.0. The molecule has 1 aliphatic rings. The summed E-state index contributed by atoms with van der Waals surface area (Å²) in [5, 5.41) is 13.1. The molecular weight excluding hydrogens is 298 g/mol. The first-order valence-electron chi connectivity index (χ1n) is 6.69. The van der Waals surface area contributed by atoms with Crippen LogP contribution in [0.2, 0.25) is 0 Å².